The molecule has 0 spiro atoms. The van der Waals surface area contributed by atoms with Gasteiger partial charge in [0.25, 0.3) is 5.91 Å². The van der Waals surface area contributed by atoms with Gasteiger partial charge in [-0.3, -0.25) is 15.2 Å². The van der Waals surface area contributed by atoms with Crippen LogP contribution >= 0.6 is 23.4 Å². The molecule has 10 heteroatoms. The molecule has 0 saturated heterocycles. The molecule has 0 bridgehead atoms. The highest BCUT2D eigenvalue weighted by atomic mass is 35.5. The van der Waals surface area contributed by atoms with Crippen LogP contribution in [0.5, 0.6) is 11.5 Å². The number of aromatic nitrogens is 1. The number of nitrogens with zero attached hydrogens (tertiary/aromatic N) is 4. The molecule has 2 aliphatic heterocycles. The zero-order chi connectivity index (χ0) is 25.1. The number of hydrogen-bond acceptors (Lipinski definition) is 7. The van der Waals surface area contributed by atoms with Crippen LogP contribution in [0.3, 0.4) is 0 Å². The lowest BCUT2D eigenvalue weighted by atomic mass is 10.1. The zero-order valence-electron chi connectivity index (χ0n) is 19.1. The summed E-state index contributed by atoms with van der Waals surface area (Å²) in [5.41, 5.74) is 2.71. The number of pyridine rings is 1. The summed E-state index contributed by atoms with van der Waals surface area (Å²) in [6, 6.07) is 16.6. The highest BCUT2D eigenvalue weighted by Crippen LogP contribution is 2.32. The number of aryl methyl sites for hydroxylation is 1. The minimum atomic E-state index is -0.508. The maximum Gasteiger partial charge on any atom is 0.283 e. The number of thioether (sulfide) groups is 1. The molecule has 8 nitrogen and oxygen atoms in total. The summed E-state index contributed by atoms with van der Waals surface area (Å²) in [5, 5.41) is 15.7. The van der Waals surface area contributed by atoms with Crippen LogP contribution in [0.1, 0.15) is 16.7 Å². The Bertz CT molecular complexity index is 1420. The van der Waals surface area contributed by atoms with Crippen molar-refractivity contribution >= 4 is 51.4 Å². The molecule has 1 aromatic heterocycles. The Morgan fingerprint density at radius 3 is 2.67 bits per heavy atom. The van der Waals surface area contributed by atoms with Crippen molar-refractivity contribution in [2.24, 2.45) is 10.1 Å². The first-order valence-electron chi connectivity index (χ1n) is 11.0. The number of nitrogens with one attached hydrogen (secondary N) is 1. The Kier molecular flexibility index (Phi) is 6.84. The monoisotopic (exact) mass is 517 g/mol. The van der Waals surface area contributed by atoms with Crippen molar-refractivity contribution in [3.8, 4) is 11.5 Å². The molecule has 0 unspecified atom stereocenters. The molecule has 5 rings (SSSR count). The van der Waals surface area contributed by atoms with E-state index in [4.69, 9.17) is 26.5 Å². The van der Waals surface area contributed by atoms with Gasteiger partial charge in [0.1, 0.15) is 29.8 Å². The Balaban J connectivity index is 1.25. The molecule has 180 valence electrons. The van der Waals surface area contributed by atoms with Crippen LogP contribution in [0.4, 0.5) is 0 Å². The Labute approximate surface area is 216 Å². The lowest BCUT2D eigenvalue weighted by Gasteiger charge is -2.20. The fourth-order valence-electron chi connectivity index (χ4n) is 3.43. The first-order valence-corrected chi connectivity index (χ1v) is 12.2. The van der Waals surface area contributed by atoms with Crippen LogP contribution in [-0.2, 0) is 4.79 Å². The van der Waals surface area contributed by atoms with Crippen LogP contribution < -0.4 is 9.47 Å². The number of hydrazone groups is 1. The Morgan fingerprint density at radius 2 is 1.92 bits per heavy atom. The molecule has 0 atom stereocenters. The topological polar surface area (TPSA) is 100 Å². The number of amides is 1. The minimum absolute atomic E-state index is 0.0545. The number of halogens is 1. The normalized spacial score (nSPS) is 16.1. The molecule has 1 amide bonds. The third-order valence-electron chi connectivity index (χ3n) is 5.26. The van der Waals surface area contributed by atoms with Gasteiger partial charge in [-0.25, -0.2) is 0 Å². The summed E-state index contributed by atoms with van der Waals surface area (Å²) >= 11 is 7.63. The highest BCUT2D eigenvalue weighted by Gasteiger charge is 2.36. The van der Waals surface area contributed by atoms with E-state index in [9.17, 15) is 4.79 Å². The van der Waals surface area contributed by atoms with E-state index in [0.29, 0.717) is 39.8 Å². The molecule has 0 aliphatic carbocycles. The van der Waals surface area contributed by atoms with Gasteiger partial charge in [-0.1, -0.05) is 35.4 Å². The second-order valence-electron chi connectivity index (χ2n) is 7.87. The van der Waals surface area contributed by atoms with Gasteiger partial charge >= 0.3 is 0 Å². The number of carbonyl (C=O) groups excluding carboxylic acids is 1. The second kappa shape index (κ2) is 10.3. The van der Waals surface area contributed by atoms with Crippen molar-refractivity contribution in [1.29, 1.82) is 5.41 Å². The van der Waals surface area contributed by atoms with Crippen molar-refractivity contribution in [3.63, 3.8) is 0 Å². The van der Waals surface area contributed by atoms with Crippen LogP contribution in [0.15, 0.2) is 82.7 Å². The SMILES string of the molecule is Cc1ccc(OCCOc2ccc(C=C3C(=N)N4N=C(c5cccnc5)SC4=NC3=O)cc2Cl)cc1. The third-order valence-corrected chi connectivity index (χ3v) is 6.51. The smallest absolute Gasteiger partial charge is 0.283 e. The summed E-state index contributed by atoms with van der Waals surface area (Å²) in [7, 11) is 0. The summed E-state index contributed by atoms with van der Waals surface area (Å²) in [5.74, 6) is 0.710. The predicted molar refractivity (Wildman–Crippen MR) is 142 cm³/mol. The van der Waals surface area contributed by atoms with E-state index < -0.39 is 5.91 Å². The molecule has 3 heterocycles. The van der Waals surface area contributed by atoms with Gasteiger partial charge in [-0.2, -0.15) is 15.1 Å². The molecule has 2 aliphatic rings. The molecule has 0 fully saturated rings. The van der Waals surface area contributed by atoms with E-state index in [2.05, 4.69) is 15.1 Å². The number of ether oxygens (including phenoxy) is 2. The van der Waals surface area contributed by atoms with Crippen LogP contribution in [-0.4, -0.2) is 45.2 Å². The van der Waals surface area contributed by atoms with Crippen molar-refractivity contribution in [1.82, 2.24) is 9.99 Å². The molecular weight excluding hydrogens is 498 g/mol. The van der Waals surface area contributed by atoms with Crippen molar-refractivity contribution in [2.75, 3.05) is 13.2 Å². The van der Waals surface area contributed by atoms with E-state index in [0.717, 1.165) is 11.3 Å². The standard InChI is InChI=1S/C26H20ClN5O3S/c1-16-4-7-19(8-5-16)34-11-12-35-22-9-6-17(14-21(22)27)13-20-23(28)32-26(30-24(20)33)36-25(31-32)18-3-2-10-29-15-18/h2-10,13-15,28H,11-12H2,1H3. The van der Waals surface area contributed by atoms with E-state index in [1.54, 1.807) is 42.7 Å². The summed E-state index contributed by atoms with van der Waals surface area (Å²) in [6.07, 6.45) is 4.91. The average Bonchev–Trinajstić information content (AvgIpc) is 3.31. The van der Waals surface area contributed by atoms with E-state index in [-0.39, 0.29) is 11.4 Å². The van der Waals surface area contributed by atoms with Gasteiger partial charge < -0.3 is 9.47 Å². The number of aliphatic imine (C=N–C) groups is 1. The van der Waals surface area contributed by atoms with E-state index >= 15 is 0 Å². The fraction of sp³-hybridized carbons (Fsp3) is 0.115. The molecular formula is C26H20ClN5O3S. The molecule has 36 heavy (non-hydrogen) atoms. The quantitative estimate of drug-likeness (QED) is 0.343. The minimum Gasteiger partial charge on any atom is -0.490 e. The van der Waals surface area contributed by atoms with Gasteiger partial charge in [0.15, 0.2) is 5.84 Å². The number of carbonyl (C=O) groups is 1. The van der Waals surface area contributed by atoms with Crippen molar-refractivity contribution in [2.45, 2.75) is 6.92 Å². The van der Waals surface area contributed by atoms with Crippen LogP contribution in [0.25, 0.3) is 6.08 Å². The van der Waals surface area contributed by atoms with Crippen LogP contribution in [0.2, 0.25) is 5.02 Å². The molecule has 0 radical (unpaired) electrons. The largest absolute Gasteiger partial charge is 0.490 e. The molecule has 0 saturated carbocycles. The number of hydrogen-bond donors (Lipinski definition) is 1. The number of benzene rings is 2. The molecule has 1 N–H and O–H groups in total. The van der Waals surface area contributed by atoms with Crippen LogP contribution in [0, 0.1) is 12.3 Å². The van der Waals surface area contributed by atoms with Crippen molar-refractivity contribution in [3.05, 3.63) is 94.3 Å². The summed E-state index contributed by atoms with van der Waals surface area (Å²) in [4.78, 5) is 20.9. The van der Waals surface area contributed by atoms with Crippen molar-refractivity contribution < 1.29 is 14.3 Å². The Hall–Kier alpha value is -3.95. The first-order chi connectivity index (χ1) is 17.5. The van der Waals surface area contributed by atoms with E-state index in [1.165, 1.54) is 22.3 Å². The zero-order valence-corrected chi connectivity index (χ0v) is 20.7. The van der Waals surface area contributed by atoms with Gasteiger partial charge in [-0.05, 0) is 66.7 Å². The highest BCUT2D eigenvalue weighted by molar-refractivity contribution is 8.27. The number of amidine groups is 2. The number of fused-ring (bicyclic) bond motifs is 1. The fourth-order valence-corrected chi connectivity index (χ4v) is 4.56. The summed E-state index contributed by atoms with van der Waals surface area (Å²) < 4.78 is 11.4. The van der Waals surface area contributed by atoms with Gasteiger partial charge in [0.2, 0.25) is 5.17 Å². The average molecular weight is 518 g/mol. The van der Waals surface area contributed by atoms with Gasteiger partial charge in [0.05, 0.1) is 10.6 Å². The molecule has 2 aromatic carbocycles. The van der Waals surface area contributed by atoms with E-state index in [1.807, 2.05) is 37.3 Å². The second-order valence-corrected chi connectivity index (χ2v) is 9.23. The first kappa shape index (κ1) is 23.8. The van der Waals surface area contributed by atoms with Gasteiger partial charge in [-0.15, -0.1) is 0 Å². The maximum absolute atomic E-state index is 12.7. The van der Waals surface area contributed by atoms with Gasteiger partial charge in [0, 0.05) is 18.0 Å². The predicted octanol–water partition coefficient (Wildman–Crippen LogP) is 5.17. The molecule has 3 aromatic rings. The lowest BCUT2D eigenvalue weighted by molar-refractivity contribution is -0.114. The Morgan fingerprint density at radius 1 is 1.11 bits per heavy atom. The maximum atomic E-state index is 12.7. The third kappa shape index (κ3) is 5.17. The lowest BCUT2D eigenvalue weighted by Crippen LogP contribution is -2.35. The number of rotatable bonds is 7. The summed E-state index contributed by atoms with van der Waals surface area (Å²) in [6.45, 7) is 2.70.